The normalized spacial score (nSPS) is 19.9. The lowest BCUT2D eigenvalue weighted by atomic mass is 10.2. The van der Waals surface area contributed by atoms with Crippen molar-refractivity contribution in [3.05, 3.63) is 17.5 Å². The molecule has 6 heteroatoms. The van der Waals surface area contributed by atoms with E-state index in [0.29, 0.717) is 5.69 Å². The van der Waals surface area contributed by atoms with Crippen LogP contribution in [0, 0.1) is 6.92 Å². The smallest absolute Gasteiger partial charge is 0.274 e. The highest BCUT2D eigenvalue weighted by Gasteiger charge is 2.25. The number of nitrogens with zero attached hydrogens (tertiary/aromatic N) is 3. The summed E-state index contributed by atoms with van der Waals surface area (Å²) in [5, 5.41) is 7.49. The molecule has 0 unspecified atom stereocenters. The van der Waals surface area contributed by atoms with Gasteiger partial charge in [-0.15, -0.1) is 12.4 Å². The second-order valence-corrected chi connectivity index (χ2v) is 4.35. The number of nitrogens with one attached hydrogen (secondary N) is 1. The molecule has 2 heterocycles. The zero-order valence-corrected chi connectivity index (χ0v) is 11.3. The van der Waals surface area contributed by atoms with Gasteiger partial charge >= 0.3 is 0 Å². The molecule has 1 aromatic rings. The van der Waals surface area contributed by atoms with Crippen LogP contribution >= 0.6 is 12.4 Å². The molecule has 2 rings (SSSR count). The van der Waals surface area contributed by atoms with Crippen LogP contribution in [-0.2, 0) is 7.05 Å². The molecule has 0 aliphatic carbocycles. The molecule has 1 atom stereocenters. The number of aryl methyl sites for hydroxylation is 2. The summed E-state index contributed by atoms with van der Waals surface area (Å²) >= 11 is 0. The molecule has 1 aliphatic rings. The minimum absolute atomic E-state index is 0. The van der Waals surface area contributed by atoms with Crippen LogP contribution in [0.4, 0.5) is 0 Å². The molecular formula is C11H19ClN4O. The molecule has 0 bridgehead atoms. The highest BCUT2D eigenvalue weighted by molar-refractivity contribution is 5.92. The molecule has 0 saturated carbocycles. The Balaban J connectivity index is 0.00000144. The van der Waals surface area contributed by atoms with Gasteiger partial charge in [-0.25, -0.2) is 0 Å². The molecule has 0 radical (unpaired) electrons. The van der Waals surface area contributed by atoms with Gasteiger partial charge in [0.25, 0.3) is 5.91 Å². The van der Waals surface area contributed by atoms with Gasteiger partial charge in [0.2, 0.25) is 0 Å². The molecule has 1 aromatic heterocycles. The van der Waals surface area contributed by atoms with Gasteiger partial charge in [0.15, 0.2) is 5.69 Å². The minimum Gasteiger partial charge on any atom is -0.332 e. The lowest BCUT2D eigenvalue weighted by Gasteiger charge is -2.33. The zero-order valence-electron chi connectivity index (χ0n) is 10.4. The molecule has 1 saturated heterocycles. The molecule has 96 valence electrons. The third-order valence-corrected chi connectivity index (χ3v) is 3.10. The number of halogens is 1. The Hall–Kier alpha value is -1.07. The quantitative estimate of drug-likeness (QED) is 0.802. The predicted molar refractivity (Wildman–Crippen MR) is 68.6 cm³/mol. The van der Waals surface area contributed by atoms with Crippen molar-refractivity contribution in [3.63, 3.8) is 0 Å². The average Bonchev–Trinajstić information content (AvgIpc) is 2.59. The van der Waals surface area contributed by atoms with E-state index in [-0.39, 0.29) is 24.4 Å². The van der Waals surface area contributed by atoms with E-state index in [9.17, 15) is 4.79 Å². The first kappa shape index (κ1) is 14.0. The van der Waals surface area contributed by atoms with E-state index in [2.05, 4.69) is 17.3 Å². The third kappa shape index (κ3) is 2.79. The SMILES string of the molecule is Cc1cc(C(=O)N2CCNC[C@H]2C)nn1C.Cl. The van der Waals surface area contributed by atoms with E-state index in [1.165, 1.54) is 0 Å². The Kier molecular flexibility index (Phi) is 4.54. The van der Waals surface area contributed by atoms with Gasteiger partial charge < -0.3 is 10.2 Å². The summed E-state index contributed by atoms with van der Waals surface area (Å²) in [7, 11) is 1.85. The summed E-state index contributed by atoms with van der Waals surface area (Å²) in [6.45, 7) is 6.49. The van der Waals surface area contributed by atoms with Crippen LogP contribution in [0.15, 0.2) is 6.07 Å². The zero-order chi connectivity index (χ0) is 11.7. The minimum atomic E-state index is 0. The van der Waals surface area contributed by atoms with Gasteiger partial charge in [0.1, 0.15) is 0 Å². The number of carbonyl (C=O) groups is 1. The van der Waals surface area contributed by atoms with Crippen LogP contribution in [0.1, 0.15) is 23.1 Å². The second kappa shape index (κ2) is 5.51. The summed E-state index contributed by atoms with van der Waals surface area (Å²) < 4.78 is 1.74. The van der Waals surface area contributed by atoms with Crippen LogP contribution in [0.3, 0.4) is 0 Å². The first-order valence-corrected chi connectivity index (χ1v) is 5.62. The van der Waals surface area contributed by atoms with Gasteiger partial charge in [0, 0.05) is 38.4 Å². The molecule has 1 aliphatic heterocycles. The standard InChI is InChI=1S/C11H18N4O.ClH/c1-8-6-10(13-14(8)3)11(16)15-5-4-12-7-9(15)2;/h6,9,12H,4-5,7H2,1-3H3;1H/t9-;/m1./s1. The Morgan fingerprint density at radius 1 is 1.59 bits per heavy atom. The summed E-state index contributed by atoms with van der Waals surface area (Å²) in [5.41, 5.74) is 1.56. The van der Waals surface area contributed by atoms with Crippen LogP contribution in [0.2, 0.25) is 0 Å². The lowest BCUT2D eigenvalue weighted by Crippen LogP contribution is -2.52. The molecule has 0 aromatic carbocycles. The Labute approximate surface area is 108 Å². The van der Waals surface area contributed by atoms with Crippen molar-refractivity contribution in [2.45, 2.75) is 19.9 Å². The molecule has 1 amide bonds. The van der Waals surface area contributed by atoms with Gasteiger partial charge in [0.05, 0.1) is 0 Å². The number of piperazine rings is 1. The fourth-order valence-electron chi connectivity index (χ4n) is 1.96. The maximum Gasteiger partial charge on any atom is 0.274 e. The molecule has 0 spiro atoms. The fraction of sp³-hybridized carbons (Fsp3) is 0.636. The van der Waals surface area contributed by atoms with Crippen LogP contribution in [-0.4, -0.2) is 46.3 Å². The summed E-state index contributed by atoms with van der Waals surface area (Å²) in [5.74, 6) is 0.0395. The van der Waals surface area contributed by atoms with Crippen LogP contribution in [0.25, 0.3) is 0 Å². The van der Waals surface area contributed by atoms with Crippen molar-refractivity contribution in [3.8, 4) is 0 Å². The van der Waals surface area contributed by atoms with Gasteiger partial charge in [-0.05, 0) is 19.9 Å². The van der Waals surface area contributed by atoms with Crippen molar-refractivity contribution >= 4 is 18.3 Å². The molecule has 17 heavy (non-hydrogen) atoms. The Bertz CT molecular complexity index is 385. The number of aromatic nitrogens is 2. The second-order valence-electron chi connectivity index (χ2n) is 4.35. The van der Waals surface area contributed by atoms with E-state index in [1.54, 1.807) is 4.68 Å². The monoisotopic (exact) mass is 258 g/mol. The third-order valence-electron chi connectivity index (χ3n) is 3.10. The molecule has 1 fully saturated rings. The summed E-state index contributed by atoms with van der Waals surface area (Å²) in [6, 6.07) is 2.08. The predicted octanol–water partition coefficient (Wildman–Crippen LogP) is 0.584. The maximum absolute atomic E-state index is 12.2. The highest BCUT2D eigenvalue weighted by Crippen LogP contribution is 2.10. The lowest BCUT2D eigenvalue weighted by molar-refractivity contribution is 0.0649. The van der Waals surface area contributed by atoms with E-state index in [4.69, 9.17) is 0 Å². The Morgan fingerprint density at radius 2 is 2.29 bits per heavy atom. The number of amides is 1. The molecule has 5 nitrogen and oxygen atoms in total. The number of hydrogen-bond donors (Lipinski definition) is 1. The van der Waals surface area contributed by atoms with Crippen molar-refractivity contribution in [2.24, 2.45) is 7.05 Å². The first-order chi connectivity index (χ1) is 7.59. The number of rotatable bonds is 1. The van der Waals surface area contributed by atoms with Gasteiger partial charge in [-0.1, -0.05) is 0 Å². The van der Waals surface area contributed by atoms with Crippen molar-refractivity contribution in [1.82, 2.24) is 20.0 Å². The molecule has 1 N–H and O–H groups in total. The molecular weight excluding hydrogens is 240 g/mol. The van der Waals surface area contributed by atoms with Gasteiger partial charge in [-0.3, -0.25) is 9.48 Å². The van der Waals surface area contributed by atoms with Crippen molar-refractivity contribution < 1.29 is 4.79 Å². The number of hydrogen-bond acceptors (Lipinski definition) is 3. The van der Waals surface area contributed by atoms with Crippen molar-refractivity contribution in [2.75, 3.05) is 19.6 Å². The topological polar surface area (TPSA) is 50.2 Å². The van der Waals surface area contributed by atoms with Crippen LogP contribution < -0.4 is 5.32 Å². The average molecular weight is 259 g/mol. The van der Waals surface area contributed by atoms with Crippen molar-refractivity contribution in [1.29, 1.82) is 0 Å². The van der Waals surface area contributed by atoms with E-state index in [1.807, 2.05) is 24.9 Å². The largest absolute Gasteiger partial charge is 0.332 e. The van der Waals surface area contributed by atoms with Gasteiger partial charge in [-0.2, -0.15) is 5.10 Å². The Morgan fingerprint density at radius 3 is 2.82 bits per heavy atom. The fourth-order valence-corrected chi connectivity index (χ4v) is 1.96. The highest BCUT2D eigenvalue weighted by atomic mass is 35.5. The van der Waals surface area contributed by atoms with E-state index < -0.39 is 0 Å². The maximum atomic E-state index is 12.2. The summed E-state index contributed by atoms with van der Waals surface area (Å²) in [6.07, 6.45) is 0. The first-order valence-electron chi connectivity index (χ1n) is 5.62. The van der Waals surface area contributed by atoms with Crippen LogP contribution in [0.5, 0.6) is 0 Å². The van der Waals surface area contributed by atoms with E-state index >= 15 is 0 Å². The van der Waals surface area contributed by atoms with E-state index in [0.717, 1.165) is 25.3 Å². The summed E-state index contributed by atoms with van der Waals surface area (Å²) in [4.78, 5) is 14.1. The number of carbonyl (C=O) groups excluding carboxylic acids is 1.